The number of rotatable bonds is 2. The molecule has 0 fully saturated rings. The van der Waals surface area contributed by atoms with Crippen molar-refractivity contribution >= 4 is 56.2 Å². The minimum absolute atomic E-state index is 0.573. The van der Waals surface area contributed by atoms with Crippen molar-refractivity contribution < 1.29 is 0 Å². The summed E-state index contributed by atoms with van der Waals surface area (Å²) in [6, 6.07) is 9.14. The van der Waals surface area contributed by atoms with E-state index in [4.69, 9.17) is 28.9 Å². The maximum Gasteiger partial charge on any atom is 0.0655 e. The molecule has 0 amide bonds. The van der Waals surface area contributed by atoms with Gasteiger partial charge in [0.1, 0.15) is 0 Å². The molecule has 0 saturated heterocycles. The number of nitrogens with two attached hydrogens (primary N) is 1. The van der Waals surface area contributed by atoms with Crippen molar-refractivity contribution in [3.63, 3.8) is 0 Å². The first-order chi connectivity index (χ1) is 8.47. The van der Waals surface area contributed by atoms with E-state index in [0.29, 0.717) is 10.0 Å². The molecule has 2 nitrogen and oxygen atoms in total. The minimum atomic E-state index is 0.573. The lowest BCUT2D eigenvalue weighted by atomic mass is 10.2. The molecule has 5 heteroatoms. The Morgan fingerprint density at radius 2 is 1.83 bits per heavy atom. The predicted molar refractivity (Wildman–Crippen MR) is 83.0 cm³/mol. The molecule has 0 saturated carbocycles. The maximum atomic E-state index is 6.12. The number of nitrogens with one attached hydrogen (secondary N) is 1. The van der Waals surface area contributed by atoms with Crippen molar-refractivity contribution in [3.05, 3.63) is 50.4 Å². The van der Waals surface area contributed by atoms with Gasteiger partial charge in [-0.2, -0.15) is 0 Å². The Balaban J connectivity index is 2.37. The van der Waals surface area contributed by atoms with E-state index >= 15 is 0 Å². The normalized spacial score (nSPS) is 10.4. The van der Waals surface area contributed by atoms with Gasteiger partial charge in [-0.15, -0.1) is 0 Å². The highest BCUT2D eigenvalue weighted by Crippen LogP contribution is 2.33. The zero-order valence-electron chi connectivity index (χ0n) is 9.60. The molecule has 0 bridgehead atoms. The topological polar surface area (TPSA) is 38.0 Å². The molecule has 2 aromatic carbocycles. The molecule has 0 heterocycles. The summed E-state index contributed by atoms with van der Waals surface area (Å²) >= 11 is 15.4. The van der Waals surface area contributed by atoms with Crippen LogP contribution in [0.25, 0.3) is 0 Å². The van der Waals surface area contributed by atoms with Crippen LogP contribution in [0.15, 0.2) is 34.8 Å². The van der Waals surface area contributed by atoms with E-state index in [1.165, 1.54) is 0 Å². The van der Waals surface area contributed by atoms with E-state index in [9.17, 15) is 0 Å². The Kier molecular flexibility index (Phi) is 4.05. The number of aryl methyl sites for hydroxylation is 1. The van der Waals surface area contributed by atoms with Crippen LogP contribution in [0.3, 0.4) is 0 Å². The zero-order valence-corrected chi connectivity index (χ0v) is 12.7. The van der Waals surface area contributed by atoms with Gasteiger partial charge in [0.15, 0.2) is 0 Å². The number of nitrogen functional groups attached to an aromatic ring is 1. The highest BCUT2D eigenvalue weighted by Gasteiger charge is 2.06. The van der Waals surface area contributed by atoms with Crippen LogP contribution in [-0.2, 0) is 0 Å². The Morgan fingerprint density at radius 3 is 2.50 bits per heavy atom. The molecule has 3 N–H and O–H groups in total. The summed E-state index contributed by atoms with van der Waals surface area (Å²) < 4.78 is 0.886. The maximum absolute atomic E-state index is 6.12. The first-order valence-corrected chi connectivity index (χ1v) is 6.80. The molecule has 18 heavy (non-hydrogen) atoms. The number of hydrogen-bond donors (Lipinski definition) is 2. The fourth-order valence-corrected chi connectivity index (χ4v) is 2.44. The summed E-state index contributed by atoms with van der Waals surface area (Å²) in [5.41, 5.74) is 9.29. The lowest BCUT2D eigenvalue weighted by Gasteiger charge is -2.12. The standard InChI is InChI=1S/C13H11BrCl2N2/c1-7-4-13(9(14)6-11(7)17)18-12-3-2-8(15)5-10(12)16/h2-6,18H,17H2,1H3. The third-order valence-corrected chi connectivity index (χ3v) is 3.76. The lowest BCUT2D eigenvalue weighted by Crippen LogP contribution is -1.96. The van der Waals surface area contributed by atoms with Gasteiger partial charge in [-0.05, 0) is 58.7 Å². The average Bonchev–Trinajstić information content (AvgIpc) is 2.29. The van der Waals surface area contributed by atoms with E-state index in [1.807, 2.05) is 25.1 Å². The van der Waals surface area contributed by atoms with Gasteiger partial charge in [0.25, 0.3) is 0 Å². The SMILES string of the molecule is Cc1cc(Nc2ccc(Cl)cc2Cl)c(Br)cc1N. The van der Waals surface area contributed by atoms with Crippen LogP contribution in [0, 0.1) is 6.92 Å². The Labute approximate surface area is 124 Å². The fourth-order valence-electron chi connectivity index (χ4n) is 1.53. The van der Waals surface area contributed by atoms with Crippen molar-refractivity contribution in [3.8, 4) is 0 Å². The van der Waals surface area contributed by atoms with E-state index in [-0.39, 0.29) is 0 Å². The third kappa shape index (κ3) is 2.91. The van der Waals surface area contributed by atoms with Crippen molar-refractivity contribution in [2.45, 2.75) is 6.92 Å². The highest BCUT2D eigenvalue weighted by molar-refractivity contribution is 9.10. The van der Waals surface area contributed by atoms with Crippen molar-refractivity contribution in [1.82, 2.24) is 0 Å². The van der Waals surface area contributed by atoms with E-state index in [1.54, 1.807) is 12.1 Å². The molecule has 0 spiro atoms. The molecule has 0 aliphatic carbocycles. The smallest absolute Gasteiger partial charge is 0.0655 e. The largest absolute Gasteiger partial charge is 0.398 e. The van der Waals surface area contributed by atoms with Crippen LogP contribution in [0.4, 0.5) is 17.1 Å². The van der Waals surface area contributed by atoms with Crippen LogP contribution >= 0.6 is 39.1 Å². The molecule has 2 rings (SSSR count). The Hall–Kier alpha value is -0.900. The van der Waals surface area contributed by atoms with Crippen molar-refractivity contribution in [2.24, 2.45) is 0 Å². The summed E-state index contributed by atoms with van der Waals surface area (Å²) in [7, 11) is 0. The number of anilines is 3. The fraction of sp³-hybridized carbons (Fsp3) is 0.0769. The number of benzene rings is 2. The number of hydrogen-bond acceptors (Lipinski definition) is 2. The molecule has 2 aromatic rings. The molecule has 0 aliphatic rings. The van der Waals surface area contributed by atoms with Gasteiger partial charge in [-0.25, -0.2) is 0 Å². The van der Waals surface area contributed by atoms with Gasteiger partial charge in [-0.1, -0.05) is 23.2 Å². The average molecular weight is 346 g/mol. The minimum Gasteiger partial charge on any atom is -0.398 e. The predicted octanol–water partition coefficient (Wildman–Crippen LogP) is 5.39. The Bertz CT molecular complexity index is 600. The first kappa shape index (κ1) is 13.5. The summed E-state index contributed by atoms with van der Waals surface area (Å²) in [5, 5.41) is 4.43. The summed E-state index contributed by atoms with van der Waals surface area (Å²) in [6.45, 7) is 1.95. The summed E-state index contributed by atoms with van der Waals surface area (Å²) in [6.07, 6.45) is 0. The van der Waals surface area contributed by atoms with Gasteiger partial charge in [0, 0.05) is 15.2 Å². The van der Waals surface area contributed by atoms with Gasteiger partial charge in [-0.3, -0.25) is 0 Å². The molecular formula is C13H11BrCl2N2. The first-order valence-electron chi connectivity index (χ1n) is 5.25. The highest BCUT2D eigenvalue weighted by atomic mass is 79.9. The second kappa shape index (κ2) is 5.39. The van der Waals surface area contributed by atoms with Crippen LogP contribution in [-0.4, -0.2) is 0 Å². The molecule has 0 radical (unpaired) electrons. The monoisotopic (exact) mass is 344 g/mol. The molecule has 0 atom stereocenters. The lowest BCUT2D eigenvalue weighted by molar-refractivity contribution is 1.43. The summed E-state index contributed by atoms with van der Waals surface area (Å²) in [5.74, 6) is 0. The van der Waals surface area contributed by atoms with E-state index < -0.39 is 0 Å². The van der Waals surface area contributed by atoms with Gasteiger partial charge >= 0.3 is 0 Å². The molecule has 0 aromatic heterocycles. The molecule has 0 aliphatic heterocycles. The third-order valence-electron chi connectivity index (χ3n) is 2.56. The van der Waals surface area contributed by atoms with Gasteiger partial charge < -0.3 is 11.1 Å². The van der Waals surface area contributed by atoms with Gasteiger partial charge in [0.2, 0.25) is 0 Å². The van der Waals surface area contributed by atoms with Gasteiger partial charge in [0.05, 0.1) is 16.4 Å². The zero-order chi connectivity index (χ0) is 13.3. The molecule has 0 unspecified atom stereocenters. The second-order valence-corrected chi connectivity index (χ2v) is 5.64. The molecular weight excluding hydrogens is 335 g/mol. The Morgan fingerprint density at radius 1 is 1.11 bits per heavy atom. The summed E-state index contributed by atoms with van der Waals surface area (Å²) in [4.78, 5) is 0. The van der Waals surface area contributed by atoms with Crippen LogP contribution < -0.4 is 11.1 Å². The van der Waals surface area contributed by atoms with E-state index in [2.05, 4.69) is 21.2 Å². The second-order valence-electron chi connectivity index (χ2n) is 3.94. The van der Waals surface area contributed by atoms with Crippen LogP contribution in [0.5, 0.6) is 0 Å². The van der Waals surface area contributed by atoms with Crippen LogP contribution in [0.1, 0.15) is 5.56 Å². The molecule has 94 valence electrons. The number of halogens is 3. The quantitative estimate of drug-likeness (QED) is 0.716. The van der Waals surface area contributed by atoms with E-state index in [0.717, 1.165) is 27.1 Å². The van der Waals surface area contributed by atoms with Crippen LogP contribution in [0.2, 0.25) is 10.0 Å². The van der Waals surface area contributed by atoms with Crippen molar-refractivity contribution in [1.29, 1.82) is 0 Å². The van der Waals surface area contributed by atoms with Crippen molar-refractivity contribution in [2.75, 3.05) is 11.1 Å².